The molecule has 0 amide bonds. The smallest absolute Gasteiger partial charge is 0.143 e. The zero-order valence-electron chi connectivity index (χ0n) is 14.5. The first-order valence-electron chi connectivity index (χ1n) is 8.85. The largest absolute Gasteiger partial charge is 0.497 e. The molecule has 1 aromatic carbocycles. The highest BCUT2D eigenvalue weighted by molar-refractivity contribution is 5.49. The summed E-state index contributed by atoms with van der Waals surface area (Å²) >= 11 is 0. The van der Waals surface area contributed by atoms with E-state index in [0.29, 0.717) is 11.8 Å². The monoisotopic (exact) mass is 335 g/mol. The lowest BCUT2D eigenvalue weighted by Crippen LogP contribution is -2.47. The van der Waals surface area contributed by atoms with Crippen LogP contribution in [0.15, 0.2) is 41.2 Å². The molecule has 2 aromatic heterocycles. The van der Waals surface area contributed by atoms with Crippen molar-refractivity contribution in [3.05, 3.63) is 64.8 Å². The summed E-state index contributed by atoms with van der Waals surface area (Å²) in [6, 6.07) is 8.49. The van der Waals surface area contributed by atoms with E-state index in [4.69, 9.17) is 14.4 Å². The molecule has 0 unspecified atom stereocenters. The molecule has 2 aliphatic carbocycles. The van der Waals surface area contributed by atoms with E-state index in [0.717, 1.165) is 30.8 Å². The van der Waals surface area contributed by atoms with Crippen LogP contribution in [0.2, 0.25) is 0 Å². The molecule has 0 saturated heterocycles. The van der Waals surface area contributed by atoms with Crippen LogP contribution >= 0.6 is 0 Å². The lowest BCUT2D eigenvalue weighted by atomic mass is 9.53. The molecule has 3 atom stereocenters. The van der Waals surface area contributed by atoms with Gasteiger partial charge in [-0.05, 0) is 48.4 Å². The maximum absolute atomic E-state index is 5.61. The summed E-state index contributed by atoms with van der Waals surface area (Å²) in [5.41, 5.74) is 4.88. The molecule has 2 heterocycles. The normalized spacial score (nSPS) is 27.3. The number of hydrogen-bond donors (Lipinski definition) is 1. The van der Waals surface area contributed by atoms with Crippen molar-refractivity contribution in [2.24, 2.45) is 5.92 Å². The van der Waals surface area contributed by atoms with Crippen LogP contribution in [0.1, 0.15) is 47.4 Å². The third kappa shape index (κ3) is 1.89. The van der Waals surface area contributed by atoms with Crippen LogP contribution in [0.5, 0.6) is 5.75 Å². The van der Waals surface area contributed by atoms with Crippen LogP contribution in [0.25, 0.3) is 0 Å². The summed E-state index contributed by atoms with van der Waals surface area (Å²) in [4.78, 5) is 0. The van der Waals surface area contributed by atoms with Gasteiger partial charge in [-0.3, -0.25) is 5.10 Å². The Bertz CT molecular complexity index is 911. The summed E-state index contributed by atoms with van der Waals surface area (Å²) < 4.78 is 11.0. The quantitative estimate of drug-likeness (QED) is 0.777. The first-order valence-corrected chi connectivity index (χ1v) is 8.85. The third-order valence-corrected chi connectivity index (χ3v) is 6.27. The number of nitrogens with one attached hydrogen (secondary N) is 1. The lowest BCUT2D eigenvalue weighted by Gasteiger charge is -2.48. The maximum atomic E-state index is 5.61. The number of hydrogen-bond acceptors (Lipinski definition) is 4. The SMILES string of the molecule is COc1ccc([C@]23Cc4cnoc4[C@@H](C)[C@@H]2CCc2c[nH]nc23)cc1. The topological polar surface area (TPSA) is 63.9 Å². The van der Waals surface area contributed by atoms with Crippen LogP contribution < -0.4 is 4.74 Å². The highest BCUT2D eigenvalue weighted by Gasteiger charge is 2.54. The minimum Gasteiger partial charge on any atom is -0.497 e. The van der Waals surface area contributed by atoms with E-state index in [1.54, 1.807) is 7.11 Å². The van der Waals surface area contributed by atoms with Gasteiger partial charge in [0.1, 0.15) is 11.5 Å². The summed E-state index contributed by atoms with van der Waals surface area (Å²) in [6.07, 6.45) is 7.01. The Kier molecular flexibility index (Phi) is 3.08. The van der Waals surface area contributed by atoms with Crippen molar-refractivity contribution < 1.29 is 9.26 Å². The predicted molar refractivity (Wildman–Crippen MR) is 92.8 cm³/mol. The van der Waals surface area contributed by atoms with Crippen molar-refractivity contribution in [3.8, 4) is 5.75 Å². The van der Waals surface area contributed by atoms with Crippen LogP contribution in [-0.4, -0.2) is 22.5 Å². The number of fused-ring (bicyclic) bond motifs is 4. The first-order chi connectivity index (χ1) is 12.2. The van der Waals surface area contributed by atoms with E-state index in [-0.39, 0.29) is 5.41 Å². The van der Waals surface area contributed by atoms with Crippen molar-refractivity contribution in [3.63, 3.8) is 0 Å². The standard InChI is InChI=1S/C20H21N3O2/c1-12-17-8-3-13-10-21-23-19(13)20(17,9-14-11-22-25-18(12)14)15-4-6-16(24-2)7-5-15/h4-7,10-12,17H,3,8-9H2,1-2H3,(H,21,23)/t12-,17-,20+/m0/s1. The molecule has 5 heteroatoms. The Morgan fingerprint density at radius 2 is 2.08 bits per heavy atom. The zero-order chi connectivity index (χ0) is 17.0. The third-order valence-electron chi connectivity index (χ3n) is 6.27. The number of aromatic nitrogens is 3. The van der Waals surface area contributed by atoms with E-state index in [1.807, 2.05) is 6.20 Å². The number of nitrogens with zero attached hydrogens (tertiary/aromatic N) is 2. The maximum Gasteiger partial charge on any atom is 0.143 e. The summed E-state index contributed by atoms with van der Waals surface area (Å²) in [6.45, 7) is 2.27. The molecule has 25 heavy (non-hydrogen) atoms. The molecule has 3 aromatic rings. The van der Waals surface area contributed by atoms with E-state index >= 15 is 0 Å². The van der Waals surface area contributed by atoms with Gasteiger partial charge in [-0.2, -0.15) is 5.10 Å². The number of methoxy groups -OCH3 is 1. The molecule has 0 radical (unpaired) electrons. The number of aromatic amines is 1. The van der Waals surface area contributed by atoms with Crippen LogP contribution in [0.4, 0.5) is 0 Å². The van der Waals surface area contributed by atoms with Crippen molar-refractivity contribution >= 4 is 0 Å². The summed E-state index contributed by atoms with van der Waals surface area (Å²) in [7, 11) is 1.70. The number of aryl methyl sites for hydroxylation is 1. The lowest BCUT2D eigenvalue weighted by molar-refractivity contribution is 0.189. The van der Waals surface area contributed by atoms with Gasteiger partial charge < -0.3 is 9.26 Å². The van der Waals surface area contributed by atoms with Gasteiger partial charge in [0.2, 0.25) is 0 Å². The van der Waals surface area contributed by atoms with Gasteiger partial charge in [0, 0.05) is 23.1 Å². The molecule has 0 saturated carbocycles. The van der Waals surface area contributed by atoms with Gasteiger partial charge >= 0.3 is 0 Å². The fourth-order valence-corrected chi connectivity index (χ4v) is 5.12. The highest BCUT2D eigenvalue weighted by atomic mass is 16.5. The molecular formula is C20H21N3O2. The summed E-state index contributed by atoms with van der Waals surface area (Å²) in [5, 5.41) is 11.9. The second-order valence-electron chi connectivity index (χ2n) is 7.28. The van der Waals surface area contributed by atoms with Crippen molar-refractivity contribution in [1.29, 1.82) is 0 Å². The first kappa shape index (κ1) is 14.8. The summed E-state index contributed by atoms with van der Waals surface area (Å²) in [5.74, 6) is 2.69. The van der Waals surface area contributed by atoms with Gasteiger partial charge in [0.15, 0.2) is 0 Å². The number of rotatable bonds is 2. The van der Waals surface area contributed by atoms with Gasteiger partial charge in [-0.15, -0.1) is 0 Å². The van der Waals surface area contributed by atoms with Gasteiger partial charge in [-0.1, -0.05) is 24.2 Å². The minimum atomic E-state index is -0.141. The predicted octanol–water partition coefficient (Wildman–Crippen LogP) is 3.61. The molecule has 2 aliphatic rings. The molecule has 0 bridgehead atoms. The van der Waals surface area contributed by atoms with Gasteiger partial charge in [-0.25, -0.2) is 0 Å². The molecule has 5 nitrogen and oxygen atoms in total. The molecule has 0 spiro atoms. The Morgan fingerprint density at radius 1 is 1.24 bits per heavy atom. The minimum absolute atomic E-state index is 0.141. The fourth-order valence-electron chi connectivity index (χ4n) is 5.12. The zero-order valence-corrected chi connectivity index (χ0v) is 14.5. The molecule has 1 N–H and O–H groups in total. The van der Waals surface area contributed by atoms with Crippen molar-refractivity contribution in [2.45, 2.75) is 37.5 Å². The molecule has 0 fully saturated rings. The Labute approximate surface area is 146 Å². The fraction of sp³-hybridized carbons (Fsp3) is 0.400. The molecular weight excluding hydrogens is 314 g/mol. The van der Waals surface area contributed by atoms with E-state index in [1.165, 1.54) is 22.4 Å². The molecule has 128 valence electrons. The van der Waals surface area contributed by atoms with E-state index in [9.17, 15) is 0 Å². The van der Waals surface area contributed by atoms with Crippen LogP contribution in [0, 0.1) is 5.92 Å². The van der Waals surface area contributed by atoms with Crippen molar-refractivity contribution in [1.82, 2.24) is 15.4 Å². The molecule has 5 rings (SSSR count). The number of benzene rings is 1. The highest BCUT2D eigenvalue weighted by Crippen LogP contribution is 2.56. The molecule has 0 aliphatic heterocycles. The van der Waals surface area contributed by atoms with E-state index in [2.05, 4.69) is 47.6 Å². The number of H-pyrrole nitrogens is 1. The average Bonchev–Trinajstić information content (AvgIpc) is 3.31. The average molecular weight is 335 g/mol. The van der Waals surface area contributed by atoms with Gasteiger partial charge in [0.05, 0.1) is 19.0 Å². The van der Waals surface area contributed by atoms with Crippen LogP contribution in [-0.2, 0) is 18.3 Å². The van der Waals surface area contributed by atoms with Crippen LogP contribution in [0.3, 0.4) is 0 Å². The Balaban J connectivity index is 1.76. The van der Waals surface area contributed by atoms with E-state index < -0.39 is 0 Å². The second kappa shape index (κ2) is 5.22. The second-order valence-corrected chi connectivity index (χ2v) is 7.28. The Morgan fingerprint density at radius 3 is 2.88 bits per heavy atom. The Hall–Kier alpha value is -2.56. The number of ether oxygens (including phenoxy) is 1. The van der Waals surface area contributed by atoms with Gasteiger partial charge in [0.25, 0.3) is 0 Å². The van der Waals surface area contributed by atoms with Crippen molar-refractivity contribution in [2.75, 3.05) is 7.11 Å².